The van der Waals surface area contributed by atoms with Crippen molar-refractivity contribution in [3.63, 3.8) is 0 Å². The fourth-order valence-electron chi connectivity index (χ4n) is 3.90. The standard InChI is InChI=1S/C18H21N3O2/c1-10-2-4-13-12-5-6-14(12)16(22)9-11(15(13)8-10)3-7-17-20-21-18(19)23-17/h4,8-10,12,14H,2-3,5-7H2,1H3,(H2,19,21). The zero-order valence-electron chi connectivity index (χ0n) is 13.3. The predicted molar refractivity (Wildman–Crippen MR) is 86.3 cm³/mol. The molecule has 2 N–H and O–H groups in total. The number of allylic oxidation sites excluding steroid dienone is 6. The average Bonchev–Trinajstić information content (AvgIpc) is 2.86. The number of aryl methyl sites for hydroxylation is 1. The minimum Gasteiger partial charge on any atom is -0.408 e. The molecule has 1 saturated carbocycles. The Morgan fingerprint density at radius 2 is 2.09 bits per heavy atom. The van der Waals surface area contributed by atoms with E-state index in [2.05, 4.69) is 29.3 Å². The summed E-state index contributed by atoms with van der Waals surface area (Å²) in [5.41, 5.74) is 9.25. The van der Waals surface area contributed by atoms with Crippen LogP contribution in [0.15, 0.2) is 39.4 Å². The van der Waals surface area contributed by atoms with Gasteiger partial charge in [-0.2, -0.15) is 0 Å². The molecule has 120 valence electrons. The molecule has 1 fully saturated rings. The Morgan fingerprint density at radius 3 is 2.78 bits per heavy atom. The first-order valence-electron chi connectivity index (χ1n) is 8.36. The van der Waals surface area contributed by atoms with Crippen molar-refractivity contribution < 1.29 is 9.21 Å². The van der Waals surface area contributed by atoms with E-state index in [0.717, 1.165) is 31.3 Å². The van der Waals surface area contributed by atoms with Gasteiger partial charge in [-0.15, -0.1) is 5.10 Å². The predicted octanol–water partition coefficient (Wildman–Crippen LogP) is 3.01. The summed E-state index contributed by atoms with van der Waals surface area (Å²) in [6, 6.07) is 0.0926. The molecule has 0 aromatic carbocycles. The highest BCUT2D eigenvalue weighted by Crippen LogP contribution is 2.49. The fourth-order valence-corrected chi connectivity index (χ4v) is 3.90. The first-order valence-corrected chi connectivity index (χ1v) is 8.36. The fraction of sp³-hybridized carbons (Fsp3) is 0.500. The van der Waals surface area contributed by atoms with Gasteiger partial charge in [0.15, 0.2) is 5.78 Å². The molecule has 1 aromatic rings. The third-order valence-electron chi connectivity index (χ3n) is 5.26. The number of hydrogen-bond donors (Lipinski definition) is 1. The maximum Gasteiger partial charge on any atom is 0.312 e. The third-order valence-corrected chi connectivity index (χ3v) is 5.26. The molecule has 4 rings (SSSR count). The van der Waals surface area contributed by atoms with E-state index < -0.39 is 0 Å². The molecule has 23 heavy (non-hydrogen) atoms. The van der Waals surface area contributed by atoms with Crippen molar-refractivity contribution in [1.82, 2.24) is 10.2 Å². The number of carbonyl (C=O) groups is 1. The van der Waals surface area contributed by atoms with E-state index in [1.54, 1.807) is 0 Å². The summed E-state index contributed by atoms with van der Waals surface area (Å²) in [5, 5.41) is 7.61. The van der Waals surface area contributed by atoms with Crippen LogP contribution in [0.25, 0.3) is 0 Å². The second-order valence-corrected chi connectivity index (χ2v) is 6.85. The average molecular weight is 311 g/mol. The number of nitrogen functional groups attached to an aromatic ring is 1. The van der Waals surface area contributed by atoms with Crippen LogP contribution >= 0.6 is 0 Å². The highest BCUT2D eigenvalue weighted by Gasteiger charge is 2.41. The van der Waals surface area contributed by atoms with Crippen molar-refractivity contribution in [1.29, 1.82) is 0 Å². The number of hydrogen-bond acceptors (Lipinski definition) is 5. The van der Waals surface area contributed by atoms with Crippen LogP contribution in [0.4, 0.5) is 6.01 Å². The summed E-state index contributed by atoms with van der Waals surface area (Å²) in [6.07, 6.45) is 11.1. The normalized spacial score (nSPS) is 29.5. The lowest BCUT2D eigenvalue weighted by atomic mass is 9.66. The van der Waals surface area contributed by atoms with E-state index in [4.69, 9.17) is 10.2 Å². The van der Waals surface area contributed by atoms with E-state index in [0.29, 0.717) is 24.1 Å². The van der Waals surface area contributed by atoms with Crippen LogP contribution in [0, 0.1) is 17.8 Å². The van der Waals surface area contributed by atoms with Crippen molar-refractivity contribution in [2.45, 2.75) is 39.0 Å². The molecule has 1 heterocycles. The Kier molecular flexibility index (Phi) is 3.43. The molecule has 0 saturated heterocycles. The summed E-state index contributed by atoms with van der Waals surface area (Å²) in [6.45, 7) is 2.22. The third kappa shape index (κ3) is 2.54. The first-order chi connectivity index (χ1) is 11.1. The Hall–Kier alpha value is -2.17. The van der Waals surface area contributed by atoms with Crippen molar-refractivity contribution >= 4 is 11.8 Å². The van der Waals surface area contributed by atoms with Crippen molar-refractivity contribution in [2.75, 3.05) is 5.73 Å². The number of nitrogens with two attached hydrogens (primary N) is 1. The van der Waals surface area contributed by atoms with Gasteiger partial charge in [0, 0.05) is 12.3 Å². The summed E-state index contributed by atoms with van der Waals surface area (Å²) >= 11 is 0. The zero-order chi connectivity index (χ0) is 16.0. The van der Waals surface area contributed by atoms with Crippen molar-refractivity contribution in [3.05, 3.63) is 40.8 Å². The summed E-state index contributed by atoms with van der Waals surface area (Å²) in [7, 11) is 0. The second-order valence-electron chi connectivity index (χ2n) is 6.85. The zero-order valence-corrected chi connectivity index (χ0v) is 13.3. The molecule has 3 unspecified atom stereocenters. The Morgan fingerprint density at radius 1 is 1.26 bits per heavy atom. The SMILES string of the molecule is CC1C=C2C(CCc3nnc(N)o3)=CC(=O)C3CCC3C2=CC1. The van der Waals surface area contributed by atoms with Crippen molar-refractivity contribution in [2.24, 2.45) is 17.8 Å². The molecule has 5 heteroatoms. The summed E-state index contributed by atoms with van der Waals surface area (Å²) in [4.78, 5) is 12.5. The first kappa shape index (κ1) is 14.4. The number of rotatable bonds is 3. The molecule has 0 radical (unpaired) electrons. The smallest absolute Gasteiger partial charge is 0.312 e. The molecular weight excluding hydrogens is 290 g/mol. The van der Waals surface area contributed by atoms with E-state index in [-0.39, 0.29) is 17.7 Å². The summed E-state index contributed by atoms with van der Waals surface area (Å²) in [5.74, 6) is 1.94. The van der Waals surface area contributed by atoms with Gasteiger partial charge in [-0.1, -0.05) is 24.2 Å². The lowest BCUT2D eigenvalue weighted by Gasteiger charge is -2.37. The highest BCUT2D eigenvalue weighted by molar-refractivity contribution is 5.95. The van der Waals surface area contributed by atoms with Gasteiger partial charge in [0.25, 0.3) is 0 Å². The minimum atomic E-state index is 0.0926. The van der Waals surface area contributed by atoms with Crippen LogP contribution < -0.4 is 5.73 Å². The number of anilines is 1. The lowest BCUT2D eigenvalue weighted by molar-refractivity contribution is -0.122. The Bertz CT molecular complexity index is 741. The van der Waals surface area contributed by atoms with Crippen LogP contribution in [0.5, 0.6) is 0 Å². The molecule has 0 bridgehead atoms. The molecule has 3 atom stereocenters. The number of fused-ring (bicyclic) bond motifs is 3. The number of carbonyl (C=O) groups excluding carboxylic acids is 1. The lowest BCUT2D eigenvalue weighted by Crippen LogP contribution is -2.32. The van der Waals surface area contributed by atoms with Crippen LogP contribution in [0.3, 0.4) is 0 Å². The molecule has 0 aliphatic heterocycles. The van der Waals surface area contributed by atoms with Gasteiger partial charge in [0.05, 0.1) is 0 Å². The van der Waals surface area contributed by atoms with E-state index in [1.165, 1.54) is 11.1 Å². The van der Waals surface area contributed by atoms with Gasteiger partial charge in [-0.05, 0) is 60.3 Å². The minimum absolute atomic E-state index is 0.0926. The molecule has 1 aromatic heterocycles. The van der Waals surface area contributed by atoms with Gasteiger partial charge < -0.3 is 10.2 Å². The quantitative estimate of drug-likeness (QED) is 0.928. The van der Waals surface area contributed by atoms with E-state index >= 15 is 0 Å². The number of nitrogens with zero attached hydrogens (tertiary/aromatic N) is 2. The maximum absolute atomic E-state index is 12.5. The second kappa shape index (κ2) is 5.48. The number of ketones is 1. The Balaban J connectivity index is 1.63. The van der Waals surface area contributed by atoms with E-state index in [1.807, 2.05) is 6.08 Å². The maximum atomic E-state index is 12.5. The van der Waals surface area contributed by atoms with Gasteiger partial charge in [0.2, 0.25) is 5.89 Å². The molecule has 0 spiro atoms. The largest absolute Gasteiger partial charge is 0.408 e. The Labute approximate surface area is 135 Å². The van der Waals surface area contributed by atoms with E-state index in [9.17, 15) is 4.79 Å². The van der Waals surface area contributed by atoms with Gasteiger partial charge in [-0.3, -0.25) is 4.79 Å². The molecule has 0 amide bonds. The van der Waals surface area contributed by atoms with Crippen LogP contribution in [-0.4, -0.2) is 16.0 Å². The molecule has 5 nitrogen and oxygen atoms in total. The van der Waals surface area contributed by atoms with Crippen molar-refractivity contribution in [3.8, 4) is 0 Å². The topological polar surface area (TPSA) is 82.0 Å². The van der Waals surface area contributed by atoms with Gasteiger partial charge in [-0.25, -0.2) is 0 Å². The molecule has 3 aliphatic rings. The van der Waals surface area contributed by atoms with Gasteiger partial charge in [0.1, 0.15) is 0 Å². The van der Waals surface area contributed by atoms with Gasteiger partial charge >= 0.3 is 6.01 Å². The number of aromatic nitrogens is 2. The highest BCUT2D eigenvalue weighted by atomic mass is 16.4. The van der Waals surface area contributed by atoms with Crippen LogP contribution in [0.2, 0.25) is 0 Å². The summed E-state index contributed by atoms with van der Waals surface area (Å²) < 4.78 is 5.25. The molecular formula is C18H21N3O2. The van der Waals surface area contributed by atoms with Crippen LogP contribution in [-0.2, 0) is 11.2 Å². The van der Waals surface area contributed by atoms with Crippen LogP contribution in [0.1, 0.15) is 38.5 Å². The molecule has 3 aliphatic carbocycles. The monoisotopic (exact) mass is 311 g/mol.